The van der Waals surface area contributed by atoms with Crippen molar-refractivity contribution in [2.45, 2.75) is 25.4 Å². The molecule has 1 heterocycles. The zero-order chi connectivity index (χ0) is 8.55. The van der Waals surface area contributed by atoms with Crippen LogP contribution in [0.15, 0.2) is 12.3 Å². The summed E-state index contributed by atoms with van der Waals surface area (Å²) in [5, 5.41) is 7.67. The zero-order valence-corrected chi connectivity index (χ0v) is 7.95. The van der Waals surface area contributed by atoms with E-state index in [-0.39, 0.29) is 0 Å². The van der Waals surface area contributed by atoms with E-state index in [2.05, 4.69) is 10.2 Å². The number of aryl methyl sites for hydroxylation is 1. The Kier molecular flexibility index (Phi) is 1.97. The molecule has 0 spiro atoms. The van der Waals surface area contributed by atoms with E-state index in [1.807, 2.05) is 13.0 Å². The average molecular weight is 182 g/mol. The molecule has 12 heavy (non-hydrogen) atoms. The lowest BCUT2D eigenvalue weighted by Crippen LogP contribution is -2.10. The Bertz CT molecular complexity index is 323. The molecule has 2 rings (SSSR count). The highest BCUT2D eigenvalue weighted by atomic mass is 31.1. The third-order valence-electron chi connectivity index (χ3n) is 2.10. The van der Waals surface area contributed by atoms with Crippen molar-refractivity contribution >= 4 is 13.2 Å². The van der Waals surface area contributed by atoms with E-state index < -0.39 is 7.80 Å². The highest BCUT2D eigenvalue weighted by molar-refractivity contribution is 7.54. The predicted molar refractivity (Wildman–Crippen MR) is 48.4 cm³/mol. The van der Waals surface area contributed by atoms with Crippen LogP contribution < -0.4 is 5.44 Å². The standard InChI is InChI=1S/C8H11N2OP/c1-6-4-5-9-10-8(6)12(11)7-2-3-7/h4-5,7,12H,2-3H2,1H3. The first-order valence-corrected chi connectivity index (χ1v) is 5.60. The highest BCUT2D eigenvalue weighted by Gasteiger charge is 2.30. The third-order valence-corrected chi connectivity index (χ3v) is 4.38. The molecule has 0 aromatic carbocycles. The molecule has 4 heteroatoms. The second kappa shape index (κ2) is 2.98. The minimum absolute atomic E-state index is 0.422. The van der Waals surface area contributed by atoms with Crippen LogP contribution in [0.4, 0.5) is 0 Å². The number of aromatic nitrogens is 2. The van der Waals surface area contributed by atoms with Gasteiger partial charge in [-0.3, -0.25) is 0 Å². The van der Waals surface area contributed by atoms with Gasteiger partial charge in [0, 0.05) is 11.9 Å². The molecule has 1 atom stereocenters. The summed E-state index contributed by atoms with van der Waals surface area (Å²) in [6.07, 6.45) is 3.85. The van der Waals surface area contributed by atoms with Gasteiger partial charge in [-0.15, -0.1) is 5.10 Å². The van der Waals surface area contributed by atoms with Crippen LogP contribution in [0.5, 0.6) is 0 Å². The maximum atomic E-state index is 11.7. The van der Waals surface area contributed by atoms with Crippen molar-refractivity contribution in [1.82, 2.24) is 10.2 Å². The van der Waals surface area contributed by atoms with Gasteiger partial charge in [-0.25, -0.2) is 0 Å². The normalized spacial score (nSPS) is 19.1. The van der Waals surface area contributed by atoms with Crippen molar-refractivity contribution in [2.24, 2.45) is 0 Å². The first-order chi connectivity index (χ1) is 5.79. The molecule has 1 aliphatic carbocycles. The Morgan fingerprint density at radius 3 is 2.92 bits per heavy atom. The van der Waals surface area contributed by atoms with E-state index >= 15 is 0 Å². The largest absolute Gasteiger partial charge is 0.320 e. The molecule has 1 unspecified atom stereocenters. The summed E-state index contributed by atoms with van der Waals surface area (Å²) < 4.78 is 11.7. The molecule has 0 aliphatic heterocycles. The number of hydrogen-bond donors (Lipinski definition) is 0. The lowest BCUT2D eigenvalue weighted by Gasteiger charge is -2.00. The Balaban J connectivity index is 2.32. The van der Waals surface area contributed by atoms with E-state index in [0.29, 0.717) is 5.66 Å². The first-order valence-electron chi connectivity index (χ1n) is 4.11. The Hall–Kier alpha value is -0.690. The molecule has 1 aliphatic rings. The second-order valence-corrected chi connectivity index (χ2v) is 5.22. The second-order valence-electron chi connectivity index (χ2n) is 3.20. The summed E-state index contributed by atoms with van der Waals surface area (Å²) in [5.41, 5.74) is 2.18. The Labute approximate surface area is 72.0 Å². The number of nitrogens with zero attached hydrogens (tertiary/aromatic N) is 2. The monoisotopic (exact) mass is 182 g/mol. The molecule has 1 aromatic rings. The lowest BCUT2D eigenvalue weighted by atomic mass is 10.4. The summed E-state index contributed by atoms with van der Waals surface area (Å²) in [6, 6.07) is 1.87. The lowest BCUT2D eigenvalue weighted by molar-refractivity contribution is 0.591. The Morgan fingerprint density at radius 2 is 2.33 bits per heavy atom. The molecule has 1 aromatic heterocycles. The molecular formula is C8H11N2OP. The molecule has 0 saturated heterocycles. The van der Waals surface area contributed by atoms with Crippen molar-refractivity contribution in [1.29, 1.82) is 0 Å². The van der Waals surface area contributed by atoms with Crippen LogP contribution in [0.25, 0.3) is 0 Å². The van der Waals surface area contributed by atoms with Crippen molar-refractivity contribution in [3.63, 3.8) is 0 Å². The van der Waals surface area contributed by atoms with Gasteiger partial charge in [0.25, 0.3) is 0 Å². The van der Waals surface area contributed by atoms with Crippen LogP contribution in [0.1, 0.15) is 18.4 Å². The molecule has 0 N–H and O–H groups in total. The molecule has 64 valence electrons. The van der Waals surface area contributed by atoms with E-state index in [1.165, 1.54) is 0 Å². The van der Waals surface area contributed by atoms with Crippen molar-refractivity contribution in [3.05, 3.63) is 17.8 Å². The van der Waals surface area contributed by atoms with E-state index in [4.69, 9.17) is 0 Å². The van der Waals surface area contributed by atoms with Gasteiger partial charge < -0.3 is 4.57 Å². The summed E-state index contributed by atoms with van der Waals surface area (Å²) in [6.45, 7) is 1.94. The van der Waals surface area contributed by atoms with Crippen LogP contribution >= 0.6 is 7.80 Å². The molecule has 0 amide bonds. The quantitative estimate of drug-likeness (QED) is 0.644. The zero-order valence-electron chi connectivity index (χ0n) is 6.95. The van der Waals surface area contributed by atoms with E-state index in [1.54, 1.807) is 6.20 Å². The number of rotatable bonds is 2. The van der Waals surface area contributed by atoms with Crippen LogP contribution in [0, 0.1) is 6.92 Å². The third kappa shape index (κ3) is 1.42. The summed E-state index contributed by atoms with van der Waals surface area (Å²) in [5.74, 6) is 0. The van der Waals surface area contributed by atoms with Gasteiger partial charge in [0.2, 0.25) is 0 Å². The number of hydrogen-bond acceptors (Lipinski definition) is 3. The van der Waals surface area contributed by atoms with Gasteiger partial charge in [-0.1, -0.05) is 0 Å². The minimum Gasteiger partial charge on any atom is -0.320 e. The van der Waals surface area contributed by atoms with Crippen LogP contribution in [0.2, 0.25) is 0 Å². The van der Waals surface area contributed by atoms with Gasteiger partial charge in [-0.2, -0.15) is 5.10 Å². The maximum absolute atomic E-state index is 11.7. The van der Waals surface area contributed by atoms with Crippen LogP contribution in [-0.4, -0.2) is 15.9 Å². The van der Waals surface area contributed by atoms with Crippen molar-refractivity contribution in [2.75, 3.05) is 0 Å². The van der Waals surface area contributed by atoms with Crippen molar-refractivity contribution < 1.29 is 4.57 Å². The fourth-order valence-electron chi connectivity index (χ4n) is 1.18. The van der Waals surface area contributed by atoms with Gasteiger partial charge in [0.05, 0.1) is 0 Å². The molecule has 0 radical (unpaired) electrons. The molecule has 1 saturated carbocycles. The predicted octanol–water partition coefficient (Wildman–Crippen LogP) is 1.13. The summed E-state index contributed by atoms with van der Waals surface area (Å²) in [7, 11) is -1.63. The Morgan fingerprint density at radius 1 is 1.58 bits per heavy atom. The van der Waals surface area contributed by atoms with Crippen LogP contribution in [0.3, 0.4) is 0 Å². The van der Waals surface area contributed by atoms with Gasteiger partial charge in [0.1, 0.15) is 13.2 Å². The minimum atomic E-state index is -1.63. The highest BCUT2D eigenvalue weighted by Crippen LogP contribution is 2.43. The van der Waals surface area contributed by atoms with E-state index in [9.17, 15) is 4.57 Å². The van der Waals surface area contributed by atoms with Gasteiger partial charge in [0.15, 0.2) is 0 Å². The molecule has 3 nitrogen and oxygen atoms in total. The first kappa shape index (κ1) is 7.93. The van der Waals surface area contributed by atoms with Gasteiger partial charge in [-0.05, 0) is 31.4 Å². The summed E-state index contributed by atoms with van der Waals surface area (Å²) >= 11 is 0. The average Bonchev–Trinajstić information content (AvgIpc) is 2.86. The van der Waals surface area contributed by atoms with E-state index in [0.717, 1.165) is 23.8 Å². The topological polar surface area (TPSA) is 42.9 Å². The summed E-state index contributed by atoms with van der Waals surface area (Å²) in [4.78, 5) is 0. The fourth-order valence-corrected chi connectivity index (χ4v) is 2.88. The maximum Gasteiger partial charge on any atom is 0.126 e. The fraction of sp³-hybridized carbons (Fsp3) is 0.500. The SMILES string of the molecule is Cc1ccnnc1[PH](=O)C1CC1. The smallest absolute Gasteiger partial charge is 0.126 e. The molecular weight excluding hydrogens is 171 g/mol. The van der Waals surface area contributed by atoms with Crippen molar-refractivity contribution in [3.8, 4) is 0 Å². The van der Waals surface area contributed by atoms with Crippen LogP contribution in [-0.2, 0) is 4.57 Å². The molecule has 0 bridgehead atoms. The van der Waals surface area contributed by atoms with Gasteiger partial charge >= 0.3 is 0 Å². The molecule has 1 fully saturated rings.